The molecule has 0 bridgehead atoms. The standard InChI is InChI=1S/C16H13N3O6/c20-15(10-25-14-3-1-2-13(8-14)19(23)24)18-17-9-11-4-6-12(7-5-11)16(21)22/h1-9H,10H2,(H,18,20)(H,21,22)/b17-9-. The van der Waals surface area contributed by atoms with E-state index < -0.39 is 16.8 Å². The van der Waals surface area contributed by atoms with Crippen LogP contribution in [0.5, 0.6) is 5.75 Å². The van der Waals surface area contributed by atoms with Gasteiger partial charge in [0.05, 0.1) is 22.8 Å². The number of hydrogen-bond donors (Lipinski definition) is 2. The van der Waals surface area contributed by atoms with Crippen LogP contribution in [0.2, 0.25) is 0 Å². The molecule has 0 aliphatic carbocycles. The van der Waals surface area contributed by atoms with Crippen LogP contribution in [0.25, 0.3) is 0 Å². The molecule has 0 atom stereocenters. The molecule has 1 amide bonds. The number of carboxylic acids is 1. The number of carbonyl (C=O) groups excluding carboxylic acids is 1. The van der Waals surface area contributed by atoms with E-state index in [1.165, 1.54) is 42.6 Å². The Hall–Kier alpha value is -3.75. The number of hydrogen-bond acceptors (Lipinski definition) is 6. The summed E-state index contributed by atoms with van der Waals surface area (Å²) in [6.07, 6.45) is 1.34. The molecule has 9 heteroatoms. The van der Waals surface area contributed by atoms with E-state index in [1.807, 2.05) is 0 Å². The Morgan fingerprint density at radius 2 is 1.96 bits per heavy atom. The zero-order valence-electron chi connectivity index (χ0n) is 12.8. The molecular formula is C16H13N3O6. The lowest BCUT2D eigenvalue weighted by atomic mass is 10.1. The first kappa shape index (κ1) is 17.6. The minimum Gasteiger partial charge on any atom is -0.483 e. The number of aromatic carboxylic acids is 1. The molecule has 0 heterocycles. The molecule has 2 aromatic carbocycles. The number of nitrogens with zero attached hydrogens (tertiary/aromatic N) is 2. The van der Waals surface area contributed by atoms with E-state index in [1.54, 1.807) is 12.1 Å². The highest BCUT2D eigenvalue weighted by atomic mass is 16.6. The van der Waals surface area contributed by atoms with Crippen LogP contribution in [0.15, 0.2) is 53.6 Å². The fourth-order valence-corrected chi connectivity index (χ4v) is 1.76. The van der Waals surface area contributed by atoms with Gasteiger partial charge in [-0.3, -0.25) is 14.9 Å². The van der Waals surface area contributed by atoms with Gasteiger partial charge >= 0.3 is 5.97 Å². The Balaban J connectivity index is 1.83. The molecular weight excluding hydrogens is 330 g/mol. The minimum absolute atomic E-state index is 0.138. The zero-order valence-corrected chi connectivity index (χ0v) is 12.8. The van der Waals surface area contributed by atoms with Crippen molar-refractivity contribution in [1.29, 1.82) is 0 Å². The molecule has 25 heavy (non-hydrogen) atoms. The summed E-state index contributed by atoms with van der Waals surface area (Å²) in [6, 6.07) is 11.4. The van der Waals surface area contributed by atoms with Crippen LogP contribution in [0, 0.1) is 10.1 Å². The van der Waals surface area contributed by atoms with Crippen molar-refractivity contribution in [2.75, 3.05) is 6.61 Å². The fourth-order valence-electron chi connectivity index (χ4n) is 1.76. The number of nitrogens with one attached hydrogen (secondary N) is 1. The highest BCUT2D eigenvalue weighted by Crippen LogP contribution is 2.18. The molecule has 0 aliphatic rings. The highest BCUT2D eigenvalue weighted by molar-refractivity contribution is 5.89. The van der Waals surface area contributed by atoms with Crippen LogP contribution in [0.4, 0.5) is 5.69 Å². The molecule has 0 aromatic heterocycles. The second-order valence-corrected chi connectivity index (χ2v) is 4.76. The van der Waals surface area contributed by atoms with Gasteiger partial charge in [0.2, 0.25) is 0 Å². The molecule has 0 radical (unpaired) electrons. The lowest BCUT2D eigenvalue weighted by Gasteiger charge is -2.04. The van der Waals surface area contributed by atoms with Crippen molar-refractivity contribution in [1.82, 2.24) is 5.43 Å². The molecule has 9 nitrogen and oxygen atoms in total. The molecule has 2 rings (SSSR count). The van der Waals surface area contributed by atoms with Crippen molar-refractivity contribution < 1.29 is 24.4 Å². The Bertz CT molecular complexity index is 817. The maximum absolute atomic E-state index is 11.6. The van der Waals surface area contributed by atoms with E-state index in [2.05, 4.69) is 10.5 Å². The topological polar surface area (TPSA) is 131 Å². The first-order valence-corrected chi connectivity index (χ1v) is 6.98. The molecule has 0 saturated carbocycles. The summed E-state index contributed by atoms with van der Waals surface area (Å²) in [7, 11) is 0. The lowest BCUT2D eigenvalue weighted by molar-refractivity contribution is -0.384. The van der Waals surface area contributed by atoms with E-state index in [4.69, 9.17) is 9.84 Å². The van der Waals surface area contributed by atoms with Gasteiger partial charge in [-0.2, -0.15) is 5.10 Å². The van der Waals surface area contributed by atoms with Gasteiger partial charge in [0.1, 0.15) is 5.75 Å². The van der Waals surface area contributed by atoms with Crippen LogP contribution in [-0.4, -0.2) is 34.7 Å². The normalized spacial score (nSPS) is 10.4. The number of amides is 1. The van der Waals surface area contributed by atoms with Crippen LogP contribution in [-0.2, 0) is 4.79 Å². The van der Waals surface area contributed by atoms with E-state index in [9.17, 15) is 19.7 Å². The fraction of sp³-hybridized carbons (Fsp3) is 0.0625. The molecule has 0 saturated heterocycles. The number of hydrazone groups is 1. The molecule has 0 unspecified atom stereocenters. The smallest absolute Gasteiger partial charge is 0.335 e. The molecule has 0 fully saturated rings. The Labute approximate surface area is 141 Å². The molecule has 0 aliphatic heterocycles. The van der Waals surface area contributed by atoms with Crippen LogP contribution in [0.3, 0.4) is 0 Å². The summed E-state index contributed by atoms with van der Waals surface area (Å²) in [6.45, 7) is -0.365. The monoisotopic (exact) mass is 343 g/mol. The third kappa shape index (κ3) is 5.43. The number of carboxylic acid groups (broad SMARTS) is 1. The Morgan fingerprint density at radius 1 is 1.24 bits per heavy atom. The van der Waals surface area contributed by atoms with Crippen molar-refractivity contribution >= 4 is 23.8 Å². The first-order chi connectivity index (χ1) is 12.0. The van der Waals surface area contributed by atoms with Gasteiger partial charge < -0.3 is 9.84 Å². The number of ether oxygens (including phenoxy) is 1. The second kappa shape index (κ2) is 8.20. The Morgan fingerprint density at radius 3 is 2.60 bits per heavy atom. The van der Waals surface area contributed by atoms with E-state index in [0.29, 0.717) is 5.56 Å². The van der Waals surface area contributed by atoms with Crippen molar-refractivity contribution in [2.24, 2.45) is 5.10 Å². The number of non-ortho nitro benzene ring substituents is 1. The van der Waals surface area contributed by atoms with Crippen LogP contribution < -0.4 is 10.2 Å². The lowest BCUT2D eigenvalue weighted by Crippen LogP contribution is -2.24. The maximum atomic E-state index is 11.6. The van der Waals surface area contributed by atoms with Gasteiger partial charge in [-0.1, -0.05) is 18.2 Å². The summed E-state index contributed by atoms with van der Waals surface area (Å²) < 4.78 is 5.15. The van der Waals surface area contributed by atoms with E-state index >= 15 is 0 Å². The molecule has 2 aromatic rings. The van der Waals surface area contributed by atoms with Crippen molar-refractivity contribution in [3.05, 3.63) is 69.8 Å². The van der Waals surface area contributed by atoms with Gasteiger partial charge in [-0.25, -0.2) is 10.2 Å². The maximum Gasteiger partial charge on any atom is 0.335 e. The minimum atomic E-state index is -1.03. The van der Waals surface area contributed by atoms with Gasteiger partial charge in [0.15, 0.2) is 6.61 Å². The Kier molecular flexibility index (Phi) is 5.77. The van der Waals surface area contributed by atoms with E-state index in [0.717, 1.165) is 0 Å². The van der Waals surface area contributed by atoms with Gasteiger partial charge in [-0.15, -0.1) is 0 Å². The molecule has 0 spiro atoms. The predicted octanol–water partition coefficient (Wildman–Crippen LogP) is 1.82. The van der Waals surface area contributed by atoms with Crippen molar-refractivity contribution in [3.8, 4) is 5.75 Å². The number of rotatable bonds is 7. The first-order valence-electron chi connectivity index (χ1n) is 6.98. The number of benzene rings is 2. The zero-order chi connectivity index (χ0) is 18.2. The SMILES string of the molecule is O=C(COc1cccc([N+](=O)[O-])c1)N/N=C\c1ccc(C(=O)O)cc1. The van der Waals surface area contributed by atoms with Gasteiger partial charge in [0.25, 0.3) is 11.6 Å². The van der Waals surface area contributed by atoms with Crippen molar-refractivity contribution in [3.63, 3.8) is 0 Å². The summed E-state index contributed by atoms with van der Waals surface area (Å²) in [5.74, 6) is -1.39. The second-order valence-electron chi connectivity index (χ2n) is 4.76. The van der Waals surface area contributed by atoms with Crippen molar-refractivity contribution in [2.45, 2.75) is 0 Å². The number of carbonyl (C=O) groups is 2. The number of nitro groups is 1. The predicted molar refractivity (Wildman–Crippen MR) is 87.7 cm³/mol. The quantitative estimate of drug-likeness (QED) is 0.448. The largest absolute Gasteiger partial charge is 0.483 e. The average molecular weight is 343 g/mol. The van der Waals surface area contributed by atoms with Gasteiger partial charge in [-0.05, 0) is 23.8 Å². The molecule has 2 N–H and O–H groups in total. The highest BCUT2D eigenvalue weighted by Gasteiger charge is 2.07. The average Bonchev–Trinajstić information content (AvgIpc) is 2.60. The summed E-state index contributed by atoms with van der Waals surface area (Å²) in [4.78, 5) is 32.4. The third-order valence-electron chi connectivity index (χ3n) is 2.96. The third-order valence-corrected chi connectivity index (χ3v) is 2.96. The summed E-state index contributed by atoms with van der Waals surface area (Å²) in [5.41, 5.74) is 2.84. The molecule has 128 valence electrons. The van der Waals surface area contributed by atoms with E-state index in [-0.39, 0.29) is 23.6 Å². The summed E-state index contributed by atoms with van der Waals surface area (Å²) in [5, 5.41) is 23.1. The van der Waals surface area contributed by atoms with Crippen LogP contribution >= 0.6 is 0 Å². The van der Waals surface area contributed by atoms with Crippen LogP contribution in [0.1, 0.15) is 15.9 Å². The number of nitro benzene ring substituents is 1. The summed E-state index contributed by atoms with van der Waals surface area (Å²) >= 11 is 0. The van der Waals surface area contributed by atoms with Gasteiger partial charge in [0, 0.05) is 6.07 Å².